The number of thioether (sulfide) groups is 1. The minimum absolute atomic E-state index is 0.137. The highest BCUT2D eigenvalue weighted by Crippen LogP contribution is 2.29. The number of carbonyl (C=O) groups excluding carboxylic acids is 3. The normalized spacial score (nSPS) is 15.0. The minimum Gasteiger partial charge on any atom is -0.354 e. The molecule has 0 radical (unpaired) electrons. The van der Waals surface area contributed by atoms with Gasteiger partial charge in [0.05, 0.1) is 10.8 Å². The first-order chi connectivity index (χ1) is 13.9. The first-order valence-corrected chi connectivity index (χ1v) is 10.2. The molecule has 3 rings (SSSR count). The average molecular weight is 412 g/mol. The third-order valence-corrected chi connectivity index (χ3v) is 5.55. The molecular weight excluding hydrogens is 391 g/mol. The van der Waals surface area contributed by atoms with Gasteiger partial charge < -0.3 is 5.32 Å². The Hall–Kier alpha value is -2.93. The number of halogens is 1. The highest BCUT2D eigenvalue weighted by atomic mass is 32.2. The van der Waals surface area contributed by atoms with E-state index >= 15 is 0 Å². The molecule has 1 N–H and O–H groups in total. The van der Waals surface area contributed by atoms with Gasteiger partial charge in [0.15, 0.2) is 5.78 Å². The van der Waals surface area contributed by atoms with Crippen molar-refractivity contribution < 1.29 is 18.8 Å². The lowest BCUT2D eigenvalue weighted by atomic mass is 10.1. The van der Waals surface area contributed by atoms with Gasteiger partial charge >= 0.3 is 0 Å². The summed E-state index contributed by atoms with van der Waals surface area (Å²) in [4.78, 5) is 38.3. The van der Waals surface area contributed by atoms with Crippen LogP contribution in [0.4, 0.5) is 4.39 Å². The molecule has 5 nitrogen and oxygen atoms in total. The number of nitrogens with one attached hydrogen (secondary N) is 1. The Kier molecular flexibility index (Phi) is 6.82. The van der Waals surface area contributed by atoms with Gasteiger partial charge in [-0.25, -0.2) is 4.39 Å². The Bertz CT molecular complexity index is 957. The Labute approximate surface area is 173 Å². The number of carbonyl (C=O) groups is 3. The summed E-state index contributed by atoms with van der Waals surface area (Å²) in [6.45, 7) is 2.09. The lowest BCUT2D eigenvalue weighted by Crippen LogP contribution is -2.38. The molecule has 1 saturated heterocycles. The van der Waals surface area contributed by atoms with Gasteiger partial charge in [0, 0.05) is 18.2 Å². The number of amides is 2. The van der Waals surface area contributed by atoms with Crippen molar-refractivity contribution in [3.05, 3.63) is 82.1 Å². The standard InChI is InChI=1S/C22H21FN2O3S/c1-15-4-2-3-5-18(15)19(26)12-22-25(21(28)14-29-22)13-20(27)24-11-10-16-6-8-17(23)9-7-16/h2-9,12H,10-11,13-14H2,1H3,(H,24,27)/b22-12-. The number of benzene rings is 2. The minimum atomic E-state index is -0.308. The molecule has 1 fully saturated rings. The number of ketones is 1. The fourth-order valence-electron chi connectivity index (χ4n) is 2.94. The summed E-state index contributed by atoms with van der Waals surface area (Å²) in [5.74, 6) is -0.801. The highest BCUT2D eigenvalue weighted by Gasteiger charge is 2.29. The topological polar surface area (TPSA) is 66.5 Å². The van der Waals surface area contributed by atoms with Crippen molar-refractivity contribution in [3.8, 4) is 0 Å². The van der Waals surface area contributed by atoms with E-state index in [4.69, 9.17) is 0 Å². The first-order valence-electron chi connectivity index (χ1n) is 9.20. The van der Waals surface area contributed by atoms with Crippen LogP contribution in [0.1, 0.15) is 21.5 Å². The molecule has 7 heteroatoms. The maximum Gasteiger partial charge on any atom is 0.240 e. The summed E-state index contributed by atoms with van der Waals surface area (Å²) in [6, 6.07) is 13.3. The molecular formula is C22H21FN2O3S. The van der Waals surface area contributed by atoms with Gasteiger partial charge in [0.2, 0.25) is 11.8 Å². The number of rotatable bonds is 7. The number of nitrogens with zero attached hydrogens (tertiary/aromatic N) is 1. The van der Waals surface area contributed by atoms with Crippen LogP contribution < -0.4 is 5.32 Å². The van der Waals surface area contributed by atoms with Gasteiger partial charge in [-0.1, -0.05) is 48.2 Å². The third-order valence-electron chi connectivity index (χ3n) is 4.53. The van der Waals surface area contributed by atoms with E-state index in [0.29, 0.717) is 23.6 Å². The van der Waals surface area contributed by atoms with Crippen LogP contribution in [-0.2, 0) is 16.0 Å². The highest BCUT2D eigenvalue weighted by molar-refractivity contribution is 8.04. The maximum absolute atomic E-state index is 12.9. The molecule has 150 valence electrons. The Balaban J connectivity index is 1.58. The second-order valence-electron chi connectivity index (χ2n) is 6.66. The van der Waals surface area contributed by atoms with E-state index in [-0.39, 0.29) is 35.7 Å². The van der Waals surface area contributed by atoms with E-state index in [1.54, 1.807) is 24.3 Å². The van der Waals surface area contributed by atoms with Crippen LogP contribution in [0, 0.1) is 12.7 Å². The summed E-state index contributed by atoms with van der Waals surface area (Å²) in [6.07, 6.45) is 1.98. The van der Waals surface area contributed by atoms with Crippen LogP contribution in [0.25, 0.3) is 0 Å². The smallest absolute Gasteiger partial charge is 0.240 e. The summed E-state index contributed by atoms with van der Waals surface area (Å²) in [5.41, 5.74) is 2.33. The second kappa shape index (κ2) is 9.52. The zero-order chi connectivity index (χ0) is 20.8. The summed E-state index contributed by atoms with van der Waals surface area (Å²) in [5, 5.41) is 3.24. The molecule has 1 aliphatic rings. The van der Waals surface area contributed by atoms with Crippen molar-refractivity contribution in [1.82, 2.24) is 10.2 Å². The van der Waals surface area contributed by atoms with Gasteiger partial charge in [0.1, 0.15) is 12.4 Å². The zero-order valence-corrected chi connectivity index (χ0v) is 16.8. The van der Waals surface area contributed by atoms with Gasteiger partial charge in [-0.15, -0.1) is 0 Å². The predicted molar refractivity (Wildman–Crippen MR) is 111 cm³/mol. The molecule has 0 bridgehead atoms. The molecule has 0 unspecified atom stereocenters. The Morgan fingerprint density at radius 2 is 1.90 bits per heavy atom. The van der Waals surface area contributed by atoms with Crippen LogP contribution in [0.5, 0.6) is 0 Å². The Morgan fingerprint density at radius 3 is 2.62 bits per heavy atom. The SMILES string of the molecule is Cc1ccccc1C(=O)/C=C1\SCC(=O)N1CC(=O)NCCc1ccc(F)cc1. The average Bonchev–Trinajstić information content (AvgIpc) is 3.03. The maximum atomic E-state index is 12.9. The monoisotopic (exact) mass is 412 g/mol. The molecule has 2 aromatic carbocycles. The van der Waals surface area contributed by atoms with E-state index in [1.807, 2.05) is 19.1 Å². The molecule has 0 spiro atoms. The lowest BCUT2D eigenvalue weighted by Gasteiger charge is -2.16. The summed E-state index contributed by atoms with van der Waals surface area (Å²) in [7, 11) is 0. The predicted octanol–water partition coefficient (Wildman–Crippen LogP) is 3.09. The van der Waals surface area contributed by atoms with Crippen LogP contribution in [0.3, 0.4) is 0 Å². The van der Waals surface area contributed by atoms with Crippen LogP contribution in [0.2, 0.25) is 0 Å². The van der Waals surface area contributed by atoms with Crippen LogP contribution >= 0.6 is 11.8 Å². The quantitative estimate of drug-likeness (QED) is 0.561. The van der Waals surface area contributed by atoms with Crippen molar-refractivity contribution >= 4 is 29.4 Å². The van der Waals surface area contributed by atoms with Crippen molar-refractivity contribution in [2.45, 2.75) is 13.3 Å². The molecule has 0 aliphatic carbocycles. The van der Waals surface area contributed by atoms with Crippen molar-refractivity contribution in [1.29, 1.82) is 0 Å². The first kappa shape index (κ1) is 20.8. The second-order valence-corrected chi connectivity index (χ2v) is 7.65. The van der Waals surface area contributed by atoms with E-state index in [0.717, 1.165) is 11.1 Å². The molecule has 29 heavy (non-hydrogen) atoms. The molecule has 2 amide bonds. The van der Waals surface area contributed by atoms with E-state index in [1.165, 1.54) is 34.9 Å². The fraction of sp³-hybridized carbons (Fsp3) is 0.227. The number of allylic oxidation sites excluding steroid dienone is 1. The molecule has 1 heterocycles. The van der Waals surface area contributed by atoms with Crippen molar-refractivity contribution in [3.63, 3.8) is 0 Å². The largest absolute Gasteiger partial charge is 0.354 e. The van der Waals surface area contributed by atoms with Crippen LogP contribution in [-0.4, -0.2) is 41.3 Å². The van der Waals surface area contributed by atoms with Crippen LogP contribution in [0.15, 0.2) is 59.6 Å². The molecule has 2 aromatic rings. The number of hydrogen-bond acceptors (Lipinski definition) is 4. The van der Waals surface area contributed by atoms with Gasteiger partial charge in [-0.05, 0) is 36.6 Å². The molecule has 0 aromatic heterocycles. The number of aryl methyl sites for hydroxylation is 1. The molecule has 0 atom stereocenters. The molecule has 1 aliphatic heterocycles. The van der Waals surface area contributed by atoms with Gasteiger partial charge in [0.25, 0.3) is 0 Å². The van der Waals surface area contributed by atoms with E-state index < -0.39 is 0 Å². The van der Waals surface area contributed by atoms with Crippen molar-refractivity contribution in [2.24, 2.45) is 0 Å². The third kappa shape index (κ3) is 5.54. The lowest BCUT2D eigenvalue weighted by molar-refractivity contribution is -0.131. The van der Waals surface area contributed by atoms with Crippen molar-refractivity contribution in [2.75, 3.05) is 18.8 Å². The van der Waals surface area contributed by atoms with E-state index in [9.17, 15) is 18.8 Å². The number of hydrogen-bond donors (Lipinski definition) is 1. The summed E-state index contributed by atoms with van der Waals surface area (Å²) < 4.78 is 12.9. The Morgan fingerprint density at radius 1 is 1.17 bits per heavy atom. The van der Waals surface area contributed by atoms with Gasteiger partial charge in [-0.3, -0.25) is 19.3 Å². The fourth-order valence-corrected chi connectivity index (χ4v) is 3.88. The molecule has 0 saturated carbocycles. The van der Waals surface area contributed by atoms with Gasteiger partial charge in [-0.2, -0.15) is 0 Å². The zero-order valence-electron chi connectivity index (χ0n) is 16.0. The van der Waals surface area contributed by atoms with E-state index in [2.05, 4.69) is 5.32 Å². The summed E-state index contributed by atoms with van der Waals surface area (Å²) >= 11 is 1.25.